The third kappa shape index (κ3) is 3.39. The number of hydrogen-bond donors (Lipinski definition) is 1. The smallest absolute Gasteiger partial charge is 0.0443 e. The van der Waals surface area contributed by atoms with Crippen molar-refractivity contribution in [2.75, 3.05) is 26.7 Å². The highest BCUT2D eigenvalue weighted by Gasteiger charge is 2.28. The normalized spacial score (nSPS) is 27.1. The predicted octanol–water partition coefficient (Wildman–Crippen LogP) is 3.52. The first-order valence-corrected chi connectivity index (χ1v) is 8.66. The fraction of sp³-hybridized carbons (Fsp3) is 0.750. The van der Waals surface area contributed by atoms with E-state index in [4.69, 9.17) is 0 Å². The van der Waals surface area contributed by atoms with Gasteiger partial charge in [0.1, 0.15) is 0 Å². The topological polar surface area (TPSA) is 15.3 Å². The van der Waals surface area contributed by atoms with Crippen LogP contribution in [0.1, 0.15) is 43.0 Å². The lowest BCUT2D eigenvalue weighted by Gasteiger charge is -2.25. The van der Waals surface area contributed by atoms with Crippen molar-refractivity contribution in [2.24, 2.45) is 11.8 Å². The van der Waals surface area contributed by atoms with Crippen LogP contribution in [0.5, 0.6) is 0 Å². The zero-order valence-electron chi connectivity index (χ0n) is 12.0. The first-order chi connectivity index (χ1) is 9.33. The Bertz CT molecular complexity index is 370. The second-order valence-corrected chi connectivity index (χ2v) is 7.34. The molecule has 19 heavy (non-hydrogen) atoms. The van der Waals surface area contributed by atoms with Crippen LogP contribution in [0.4, 0.5) is 0 Å². The van der Waals surface area contributed by atoms with Crippen molar-refractivity contribution in [1.29, 1.82) is 0 Å². The summed E-state index contributed by atoms with van der Waals surface area (Å²) in [7, 11) is 2.24. The lowest BCUT2D eigenvalue weighted by atomic mass is 9.96. The van der Waals surface area contributed by atoms with E-state index < -0.39 is 0 Å². The molecule has 1 N–H and O–H groups in total. The summed E-state index contributed by atoms with van der Waals surface area (Å²) in [4.78, 5) is 4.01. The molecule has 0 radical (unpaired) electrons. The van der Waals surface area contributed by atoms with Crippen LogP contribution in [0.15, 0.2) is 17.5 Å². The van der Waals surface area contributed by atoms with Gasteiger partial charge < -0.3 is 10.2 Å². The molecule has 3 rings (SSSR count). The standard InChI is InChI=1S/C16H26N2S/c1-18-9-8-13(12-18)11-17-16(14-5-2-3-6-14)15-7-4-10-19-15/h4,7,10,13-14,16-17H,2-3,5-6,8-9,11-12H2,1H3. The zero-order valence-corrected chi connectivity index (χ0v) is 12.8. The molecule has 1 aliphatic carbocycles. The van der Waals surface area contributed by atoms with E-state index in [1.54, 1.807) is 4.88 Å². The predicted molar refractivity (Wildman–Crippen MR) is 82.6 cm³/mol. The van der Waals surface area contributed by atoms with Crippen LogP contribution in [0.2, 0.25) is 0 Å². The minimum atomic E-state index is 0.619. The van der Waals surface area contributed by atoms with Crippen molar-refractivity contribution in [3.05, 3.63) is 22.4 Å². The van der Waals surface area contributed by atoms with E-state index in [2.05, 4.69) is 34.8 Å². The Morgan fingerprint density at radius 1 is 1.37 bits per heavy atom. The summed E-state index contributed by atoms with van der Waals surface area (Å²) in [6.07, 6.45) is 7.06. The van der Waals surface area contributed by atoms with Gasteiger partial charge in [-0.2, -0.15) is 0 Å². The van der Waals surface area contributed by atoms with Gasteiger partial charge in [0.25, 0.3) is 0 Å². The SMILES string of the molecule is CN1CCC(CNC(c2cccs2)C2CCCC2)C1. The largest absolute Gasteiger partial charge is 0.309 e. The molecule has 0 bridgehead atoms. The fourth-order valence-electron chi connectivity index (χ4n) is 3.75. The number of hydrogen-bond acceptors (Lipinski definition) is 3. The monoisotopic (exact) mass is 278 g/mol. The third-order valence-electron chi connectivity index (χ3n) is 4.84. The van der Waals surface area contributed by atoms with Gasteiger partial charge in [0.05, 0.1) is 0 Å². The molecule has 1 saturated heterocycles. The Morgan fingerprint density at radius 2 is 2.21 bits per heavy atom. The molecule has 1 aromatic rings. The Morgan fingerprint density at radius 3 is 2.84 bits per heavy atom. The molecule has 1 aromatic heterocycles. The summed E-state index contributed by atoms with van der Waals surface area (Å²) < 4.78 is 0. The molecule has 2 nitrogen and oxygen atoms in total. The molecule has 2 aliphatic rings. The Labute approximate surface area is 121 Å². The average molecular weight is 278 g/mol. The molecule has 2 heterocycles. The summed E-state index contributed by atoms with van der Waals surface area (Å²) >= 11 is 1.93. The van der Waals surface area contributed by atoms with Crippen LogP contribution in [-0.4, -0.2) is 31.6 Å². The molecule has 0 amide bonds. The molecular weight excluding hydrogens is 252 g/mol. The average Bonchev–Trinajstić information content (AvgIpc) is 3.11. The summed E-state index contributed by atoms with van der Waals surface area (Å²) in [5, 5.41) is 6.13. The van der Waals surface area contributed by atoms with Crippen molar-refractivity contribution in [3.63, 3.8) is 0 Å². The van der Waals surface area contributed by atoms with E-state index in [0.717, 1.165) is 11.8 Å². The van der Waals surface area contributed by atoms with E-state index >= 15 is 0 Å². The van der Waals surface area contributed by atoms with Crippen molar-refractivity contribution >= 4 is 11.3 Å². The maximum Gasteiger partial charge on any atom is 0.0443 e. The van der Waals surface area contributed by atoms with Gasteiger partial charge in [-0.05, 0) is 62.7 Å². The van der Waals surface area contributed by atoms with Crippen molar-refractivity contribution in [1.82, 2.24) is 10.2 Å². The van der Waals surface area contributed by atoms with Crippen LogP contribution in [0.3, 0.4) is 0 Å². The van der Waals surface area contributed by atoms with E-state index in [1.165, 1.54) is 51.7 Å². The lowest BCUT2D eigenvalue weighted by molar-refractivity contribution is 0.335. The highest BCUT2D eigenvalue weighted by Crippen LogP contribution is 2.37. The van der Waals surface area contributed by atoms with Crippen LogP contribution in [0, 0.1) is 11.8 Å². The van der Waals surface area contributed by atoms with Gasteiger partial charge in [0, 0.05) is 17.5 Å². The van der Waals surface area contributed by atoms with E-state index in [0.29, 0.717) is 6.04 Å². The number of nitrogens with zero attached hydrogens (tertiary/aromatic N) is 1. The molecule has 1 aliphatic heterocycles. The van der Waals surface area contributed by atoms with Crippen molar-refractivity contribution in [2.45, 2.75) is 38.1 Å². The van der Waals surface area contributed by atoms with Crippen molar-refractivity contribution < 1.29 is 0 Å². The van der Waals surface area contributed by atoms with E-state index in [1.807, 2.05) is 11.3 Å². The molecule has 2 fully saturated rings. The number of nitrogens with one attached hydrogen (secondary N) is 1. The van der Waals surface area contributed by atoms with Crippen molar-refractivity contribution in [3.8, 4) is 0 Å². The number of likely N-dealkylation sites (tertiary alicyclic amines) is 1. The quantitative estimate of drug-likeness (QED) is 0.886. The molecule has 3 heteroatoms. The molecule has 0 spiro atoms. The van der Waals surface area contributed by atoms with E-state index in [9.17, 15) is 0 Å². The van der Waals surface area contributed by atoms with Gasteiger partial charge >= 0.3 is 0 Å². The highest BCUT2D eigenvalue weighted by molar-refractivity contribution is 7.10. The van der Waals surface area contributed by atoms with Gasteiger partial charge in [-0.3, -0.25) is 0 Å². The molecular formula is C16H26N2S. The van der Waals surface area contributed by atoms with Gasteiger partial charge in [-0.15, -0.1) is 11.3 Å². The van der Waals surface area contributed by atoms with Crippen LogP contribution >= 0.6 is 11.3 Å². The van der Waals surface area contributed by atoms with Gasteiger partial charge in [0.15, 0.2) is 0 Å². The van der Waals surface area contributed by atoms with E-state index in [-0.39, 0.29) is 0 Å². The molecule has 2 unspecified atom stereocenters. The number of rotatable bonds is 5. The first-order valence-electron chi connectivity index (χ1n) is 7.78. The Balaban J connectivity index is 1.59. The zero-order chi connectivity index (χ0) is 13.1. The molecule has 106 valence electrons. The van der Waals surface area contributed by atoms with Crippen LogP contribution < -0.4 is 5.32 Å². The highest BCUT2D eigenvalue weighted by atomic mass is 32.1. The molecule has 2 atom stereocenters. The molecule has 0 aromatic carbocycles. The van der Waals surface area contributed by atoms with Gasteiger partial charge in [-0.1, -0.05) is 18.9 Å². The fourth-order valence-corrected chi connectivity index (χ4v) is 4.64. The summed E-state index contributed by atoms with van der Waals surface area (Å²) in [6, 6.07) is 5.14. The summed E-state index contributed by atoms with van der Waals surface area (Å²) in [6.45, 7) is 3.75. The summed E-state index contributed by atoms with van der Waals surface area (Å²) in [5.41, 5.74) is 0. The second kappa shape index (κ2) is 6.38. The first kappa shape index (κ1) is 13.6. The second-order valence-electron chi connectivity index (χ2n) is 6.36. The minimum Gasteiger partial charge on any atom is -0.309 e. The Kier molecular flexibility index (Phi) is 4.57. The maximum absolute atomic E-state index is 3.91. The van der Waals surface area contributed by atoms with Crippen LogP contribution in [-0.2, 0) is 0 Å². The Hall–Kier alpha value is -0.380. The maximum atomic E-state index is 3.91. The minimum absolute atomic E-state index is 0.619. The number of thiophene rings is 1. The lowest BCUT2D eigenvalue weighted by Crippen LogP contribution is -2.32. The molecule has 1 saturated carbocycles. The van der Waals surface area contributed by atoms with Gasteiger partial charge in [0.2, 0.25) is 0 Å². The summed E-state index contributed by atoms with van der Waals surface area (Å²) in [5.74, 6) is 1.73. The van der Waals surface area contributed by atoms with Crippen LogP contribution in [0.25, 0.3) is 0 Å². The van der Waals surface area contributed by atoms with Gasteiger partial charge in [-0.25, -0.2) is 0 Å². The third-order valence-corrected chi connectivity index (χ3v) is 5.79.